The molecule has 8 N–H and O–H groups in total. The van der Waals surface area contributed by atoms with Gasteiger partial charge in [0, 0.05) is 0 Å². The van der Waals surface area contributed by atoms with Crippen molar-refractivity contribution in [3.63, 3.8) is 0 Å². The molecule has 1 heterocycles. The molecule has 9 atom stereocenters. The van der Waals surface area contributed by atoms with Crippen LogP contribution in [0.3, 0.4) is 0 Å². The zero-order valence-corrected chi connectivity index (χ0v) is 39.2. The van der Waals surface area contributed by atoms with Gasteiger partial charge in [-0.1, -0.05) is 206 Å². The minimum absolute atomic E-state index is 0.248. The third-order valence-corrected chi connectivity index (χ3v) is 12.6. The van der Waals surface area contributed by atoms with Gasteiger partial charge in [0.25, 0.3) is 0 Å². The van der Waals surface area contributed by atoms with Crippen LogP contribution < -0.4 is 5.32 Å². The zero-order valence-electron chi connectivity index (χ0n) is 39.2. The first kappa shape index (κ1) is 57.9. The van der Waals surface area contributed by atoms with Crippen LogP contribution in [0, 0.1) is 0 Å². The number of amides is 1. The highest BCUT2D eigenvalue weighted by Crippen LogP contribution is 2.23. The summed E-state index contributed by atoms with van der Waals surface area (Å²) in [5, 5.41) is 75.9. The topological polar surface area (TPSA) is 189 Å². The Kier molecular flexibility index (Phi) is 38.3. The van der Waals surface area contributed by atoms with Gasteiger partial charge in [-0.25, -0.2) is 0 Å². The van der Waals surface area contributed by atoms with E-state index in [9.17, 15) is 40.5 Å². The molecule has 1 saturated heterocycles. The van der Waals surface area contributed by atoms with Crippen molar-refractivity contribution in [3.8, 4) is 0 Å². The molecule has 0 aromatic carbocycles. The summed E-state index contributed by atoms with van der Waals surface area (Å²) in [5.74, 6) is -0.703. The predicted molar refractivity (Wildman–Crippen MR) is 247 cm³/mol. The van der Waals surface area contributed by atoms with Crippen LogP contribution in [0.4, 0.5) is 0 Å². The Morgan fingerprint density at radius 1 is 0.557 bits per heavy atom. The van der Waals surface area contributed by atoms with Crippen molar-refractivity contribution in [2.75, 3.05) is 13.2 Å². The van der Waals surface area contributed by atoms with Gasteiger partial charge in [-0.3, -0.25) is 4.79 Å². The van der Waals surface area contributed by atoms with Crippen molar-refractivity contribution in [3.05, 3.63) is 12.2 Å². The average molecular weight is 872 g/mol. The lowest BCUT2D eigenvalue weighted by Crippen LogP contribution is -2.60. The molecule has 362 valence electrons. The second kappa shape index (κ2) is 40.4. The summed E-state index contributed by atoms with van der Waals surface area (Å²) in [7, 11) is 0. The number of carbonyl (C=O) groups excluding carboxylic acids is 1. The van der Waals surface area contributed by atoms with Gasteiger partial charge in [0.15, 0.2) is 6.29 Å². The van der Waals surface area contributed by atoms with E-state index in [1.54, 1.807) is 0 Å². The number of rotatable bonds is 43. The molecule has 1 aliphatic rings. The van der Waals surface area contributed by atoms with Crippen LogP contribution in [-0.2, 0) is 14.3 Å². The van der Waals surface area contributed by atoms with Crippen LogP contribution in [-0.4, -0.2) is 110 Å². The Morgan fingerprint density at radius 2 is 0.951 bits per heavy atom. The number of carbonyl (C=O) groups is 1. The quantitative estimate of drug-likeness (QED) is 0.0217. The number of unbranched alkanes of at least 4 members (excludes halogenated alkanes) is 29. The Hall–Kier alpha value is -1.15. The zero-order chi connectivity index (χ0) is 44.8. The SMILES string of the molecule is CCCCCCCCC/C=C\CCCCCCC(O)C(=O)NC(COC1OC(CO)C(O)C(O)C1O)C(O)C(O)CCCCCCCCCCCCCCCCCCCCC. The fourth-order valence-electron chi connectivity index (χ4n) is 8.32. The molecule has 9 unspecified atom stereocenters. The highest BCUT2D eigenvalue weighted by atomic mass is 16.7. The van der Waals surface area contributed by atoms with Gasteiger partial charge in [-0.05, 0) is 38.5 Å². The molecule has 0 aromatic heterocycles. The third kappa shape index (κ3) is 29.8. The molecule has 61 heavy (non-hydrogen) atoms. The Bertz CT molecular complexity index is 1000. The van der Waals surface area contributed by atoms with E-state index in [1.165, 1.54) is 141 Å². The summed E-state index contributed by atoms with van der Waals surface area (Å²) in [6.07, 6.45) is 32.5. The van der Waals surface area contributed by atoms with Gasteiger partial charge in [0.2, 0.25) is 5.91 Å². The maximum atomic E-state index is 13.1. The van der Waals surface area contributed by atoms with Crippen molar-refractivity contribution in [2.24, 2.45) is 0 Å². The molecule has 0 spiro atoms. The first-order chi connectivity index (χ1) is 29.7. The number of aliphatic hydroxyl groups is 7. The molecule has 1 fully saturated rings. The lowest BCUT2D eigenvalue weighted by molar-refractivity contribution is -0.303. The normalized spacial score (nSPS) is 21.5. The monoisotopic (exact) mass is 872 g/mol. The van der Waals surface area contributed by atoms with Crippen molar-refractivity contribution in [1.82, 2.24) is 5.32 Å². The van der Waals surface area contributed by atoms with Gasteiger partial charge >= 0.3 is 0 Å². The molecular weight excluding hydrogens is 775 g/mol. The first-order valence-corrected chi connectivity index (χ1v) is 25.6. The Labute approximate surface area is 372 Å². The summed E-state index contributed by atoms with van der Waals surface area (Å²) in [5.41, 5.74) is 0. The van der Waals surface area contributed by atoms with Gasteiger partial charge in [-0.15, -0.1) is 0 Å². The number of ether oxygens (including phenoxy) is 2. The summed E-state index contributed by atoms with van der Waals surface area (Å²) in [6, 6.07) is -1.17. The molecular formula is C50H97NO10. The highest BCUT2D eigenvalue weighted by Gasteiger charge is 2.44. The van der Waals surface area contributed by atoms with E-state index < -0.39 is 74.2 Å². The molecule has 0 aliphatic carbocycles. The van der Waals surface area contributed by atoms with E-state index in [0.717, 1.165) is 51.4 Å². The van der Waals surface area contributed by atoms with Crippen LogP contribution in [0.25, 0.3) is 0 Å². The Balaban J connectivity index is 2.40. The van der Waals surface area contributed by atoms with E-state index in [1.807, 2.05) is 0 Å². The van der Waals surface area contributed by atoms with Crippen molar-refractivity contribution in [2.45, 2.75) is 287 Å². The van der Waals surface area contributed by atoms with Crippen LogP contribution >= 0.6 is 0 Å². The molecule has 0 saturated carbocycles. The maximum Gasteiger partial charge on any atom is 0.249 e. The van der Waals surface area contributed by atoms with E-state index in [4.69, 9.17) is 9.47 Å². The second-order valence-corrected chi connectivity index (χ2v) is 18.2. The smallest absolute Gasteiger partial charge is 0.249 e. The fourth-order valence-corrected chi connectivity index (χ4v) is 8.32. The van der Waals surface area contributed by atoms with Crippen LogP contribution in [0.1, 0.15) is 232 Å². The molecule has 11 nitrogen and oxygen atoms in total. The van der Waals surface area contributed by atoms with E-state index in [0.29, 0.717) is 19.3 Å². The largest absolute Gasteiger partial charge is 0.394 e. The number of aliphatic hydroxyl groups excluding tert-OH is 7. The number of nitrogens with one attached hydrogen (secondary N) is 1. The number of hydrogen-bond donors (Lipinski definition) is 8. The molecule has 1 aliphatic heterocycles. The fraction of sp³-hybridized carbons (Fsp3) is 0.940. The molecule has 0 aromatic rings. The van der Waals surface area contributed by atoms with Crippen molar-refractivity contribution < 1.29 is 50.0 Å². The molecule has 0 bridgehead atoms. The number of hydrogen-bond acceptors (Lipinski definition) is 10. The maximum absolute atomic E-state index is 13.1. The van der Waals surface area contributed by atoms with Crippen molar-refractivity contribution >= 4 is 5.91 Å². The third-order valence-electron chi connectivity index (χ3n) is 12.6. The first-order valence-electron chi connectivity index (χ1n) is 25.6. The second-order valence-electron chi connectivity index (χ2n) is 18.2. The minimum Gasteiger partial charge on any atom is -0.394 e. The van der Waals surface area contributed by atoms with Crippen LogP contribution in [0.5, 0.6) is 0 Å². The van der Waals surface area contributed by atoms with E-state index in [-0.39, 0.29) is 6.42 Å². The van der Waals surface area contributed by atoms with Crippen LogP contribution in [0.15, 0.2) is 12.2 Å². The van der Waals surface area contributed by atoms with Crippen molar-refractivity contribution in [1.29, 1.82) is 0 Å². The molecule has 1 amide bonds. The van der Waals surface area contributed by atoms with Gasteiger partial charge in [-0.2, -0.15) is 0 Å². The number of allylic oxidation sites excluding steroid dienone is 2. The molecule has 1 rings (SSSR count). The van der Waals surface area contributed by atoms with Gasteiger partial charge < -0.3 is 50.5 Å². The van der Waals surface area contributed by atoms with Gasteiger partial charge in [0.1, 0.15) is 36.6 Å². The van der Waals surface area contributed by atoms with E-state index >= 15 is 0 Å². The van der Waals surface area contributed by atoms with Gasteiger partial charge in [0.05, 0.1) is 25.4 Å². The van der Waals surface area contributed by atoms with Crippen LogP contribution in [0.2, 0.25) is 0 Å². The standard InChI is InChI=1S/C50H97NO10/c1-3-5-7-9-11-13-15-17-19-20-21-22-24-25-27-29-31-33-35-37-42(53)45(55)41(40-60-50-48(58)47(57)46(56)44(39-52)61-50)51-49(59)43(54)38-36-34-32-30-28-26-23-18-16-14-12-10-8-6-4-2/h23,26,41-48,50,52-58H,3-22,24-25,27-40H2,1-2H3,(H,51,59)/b26-23-. The Morgan fingerprint density at radius 3 is 1.38 bits per heavy atom. The highest BCUT2D eigenvalue weighted by molar-refractivity contribution is 5.80. The summed E-state index contributed by atoms with van der Waals surface area (Å²) in [4.78, 5) is 13.1. The minimum atomic E-state index is -1.66. The average Bonchev–Trinajstić information content (AvgIpc) is 3.26. The lowest BCUT2D eigenvalue weighted by atomic mass is 9.98. The van der Waals surface area contributed by atoms with E-state index in [2.05, 4.69) is 31.3 Å². The summed E-state index contributed by atoms with van der Waals surface area (Å²) in [6.45, 7) is 3.45. The lowest BCUT2D eigenvalue weighted by Gasteiger charge is -2.40. The molecule has 0 radical (unpaired) electrons. The molecule has 11 heteroatoms. The summed E-state index contributed by atoms with van der Waals surface area (Å²) < 4.78 is 11.1. The predicted octanol–water partition coefficient (Wildman–Crippen LogP) is 9.23. The summed E-state index contributed by atoms with van der Waals surface area (Å²) >= 11 is 0.